The number of aryl methyl sites for hydroxylation is 1. The zero-order chi connectivity index (χ0) is 18.4. The average molecular weight is 369 g/mol. The fourth-order valence-electron chi connectivity index (χ4n) is 2.91. The molecule has 0 radical (unpaired) electrons. The zero-order valence-electron chi connectivity index (χ0n) is 14.4. The van der Waals surface area contributed by atoms with Gasteiger partial charge >= 0.3 is 0 Å². The summed E-state index contributed by atoms with van der Waals surface area (Å²) in [5, 5.41) is 4.60. The van der Waals surface area contributed by atoms with Crippen molar-refractivity contribution in [2.24, 2.45) is 0 Å². The number of rotatable bonds is 7. The molecule has 3 aromatic rings. The highest BCUT2D eigenvalue weighted by Gasteiger charge is 2.05. The maximum absolute atomic E-state index is 12.1. The van der Waals surface area contributed by atoms with Crippen molar-refractivity contribution < 1.29 is 4.79 Å². The molecule has 0 aliphatic rings. The van der Waals surface area contributed by atoms with Crippen LogP contribution < -0.4 is 10.9 Å². The van der Waals surface area contributed by atoms with Gasteiger partial charge in [0.15, 0.2) is 0 Å². The van der Waals surface area contributed by atoms with Crippen molar-refractivity contribution >= 4 is 28.4 Å². The SMILES string of the molecule is O=C(CCCc1ccc(Cl)cc1)NCCc1cc2ccccc2[nH]c1=O. The summed E-state index contributed by atoms with van der Waals surface area (Å²) in [5.74, 6) is 0.0104. The fraction of sp³-hybridized carbons (Fsp3) is 0.238. The number of H-pyrrole nitrogens is 1. The molecule has 1 heterocycles. The van der Waals surface area contributed by atoms with Gasteiger partial charge in [0, 0.05) is 29.1 Å². The lowest BCUT2D eigenvalue weighted by molar-refractivity contribution is -0.121. The highest BCUT2D eigenvalue weighted by atomic mass is 35.5. The van der Waals surface area contributed by atoms with Gasteiger partial charge in [-0.15, -0.1) is 0 Å². The molecular formula is C21H21ClN2O2. The van der Waals surface area contributed by atoms with Crippen molar-refractivity contribution in [1.82, 2.24) is 10.3 Å². The van der Waals surface area contributed by atoms with Gasteiger partial charge in [-0.1, -0.05) is 41.9 Å². The maximum Gasteiger partial charge on any atom is 0.251 e. The van der Waals surface area contributed by atoms with E-state index in [2.05, 4.69) is 10.3 Å². The predicted molar refractivity (Wildman–Crippen MR) is 106 cm³/mol. The molecule has 0 saturated heterocycles. The molecule has 1 amide bonds. The molecule has 0 aliphatic heterocycles. The molecule has 4 nitrogen and oxygen atoms in total. The van der Waals surface area contributed by atoms with Gasteiger partial charge in [-0.2, -0.15) is 0 Å². The van der Waals surface area contributed by atoms with Gasteiger partial charge in [0.2, 0.25) is 5.91 Å². The van der Waals surface area contributed by atoms with E-state index in [1.807, 2.05) is 54.6 Å². The Morgan fingerprint density at radius 2 is 1.81 bits per heavy atom. The lowest BCUT2D eigenvalue weighted by Gasteiger charge is -2.06. The Morgan fingerprint density at radius 1 is 1.04 bits per heavy atom. The molecule has 26 heavy (non-hydrogen) atoms. The molecule has 2 aromatic carbocycles. The van der Waals surface area contributed by atoms with Gasteiger partial charge in [-0.3, -0.25) is 9.59 Å². The third-order valence-corrected chi connectivity index (χ3v) is 4.58. The first-order chi connectivity index (χ1) is 12.6. The molecule has 0 spiro atoms. The number of halogens is 1. The van der Waals surface area contributed by atoms with Crippen molar-refractivity contribution in [3.63, 3.8) is 0 Å². The Labute approximate surface area is 157 Å². The Balaban J connectivity index is 1.44. The van der Waals surface area contributed by atoms with Gasteiger partial charge in [0.1, 0.15) is 0 Å². The van der Waals surface area contributed by atoms with Gasteiger partial charge in [0.05, 0.1) is 0 Å². The smallest absolute Gasteiger partial charge is 0.251 e. The second-order valence-corrected chi connectivity index (χ2v) is 6.73. The van der Waals surface area contributed by atoms with Crippen molar-refractivity contribution in [2.75, 3.05) is 6.54 Å². The molecule has 0 aliphatic carbocycles. The molecular weight excluding hydrogens is 348 g/mol. The number of amides is 1. The van der Waals surface area contributed by atoms with Gasteiger partial charge in [-0.05, 0) is 54.5 Å². The summed E-state index contributed by atoms with van der Waals surface area (Å²) in [7, 11) is 0. The summed E-state index contributed by atoms with van der Waals surface area (Å²) >= 11 is 5.86. The number of carbonyl (C=O) groups is 1. The van der Waals surface area contributed by atoms with E-state index < -0.39 is 0 Å². The van der Waals surface area contributed by atoms with Gasteiger partial charge in [-0.25, -0.2) is 0 Å². The highest BCUT2D eigenvalue weighted by Crippen LogP contribution is 2.12. The van der Waals surface area contributed by atoms with Crippen LogP contribution in [0.25, 0.3) is 10.9 Å². The molecule has 3 rings (SSSR count). The van der Waals surface area contributed by atoms with E-state index in [0.29, 0.717) is 24.9 Å². The molecule has 0 unspecified atom stereocenters. The first-order valence-electron chi connectivity index (χ1n) is 8.74. The van der Waals surface area contributed by atoms with Crippen LogP contribution in [0, 0.1) is 0 Å². The second-order valence-electron chi connectivity index (χ2n) is 6.29. The van der Waals surface area contributed by atoms with Crippen molar-refractivity contribution in [3.8, 4) is 0 Å². The first kappa shape index (κ1) is 18.2. The van der Waals surface area contributed by atoms with Crippen LogP contribution in [0.5, 0.6) is 0 Å². The highest BCUT2D eigenvalue weighted by molar-refractivity contribution is 6.30. The monoisotopic (exact) mass is 368 g/mol. The number of aromatic nitrogens is 1. The zero-order valence-corrected chi connectivity index (χ0v) is 15.2. The molecule has 2 N–H and O–H groups in total. The van der Waals surface area contributed by atoms with E-state index in [9.17, 15) is 9.59 Å². The molecule has 134 valence electrons. The Bertz CT molecular complexity index is 948. The Kier molecular flexibility index (Phi) is 6.08. The van der Waals surface area contributed by atoms with E-state index in [1.54, 1.807) is 0 Å². The molecule has 0 saturated carbocycles. The van der Waals surface area contributed by atoms with E-state index in [-0.39, 0.29) is 11.5 Å². The third-order valence-electron chi connectivity index (χ3n) is 4.33. The van der Waals surface area contributed by atoms with Crippen LogP contribution in [0.3, 0.4) is 0 Å². The van der Waals surface area contributed by atoms with Crippen LogP contribution in [0.1, 0.15) is 24.0 Å². The van der Waals surface area contributed by atoms with E-state index in [4.69, 9.17) is 11.6 Å². The number of carbonyl (C=O) groups excluding carboxylic acids is 1. The third kappa shape index (κ3) is 4.96. The molecule has 1 aromatic heterocycles. The van der Waals surface area contributed by atoms with Crippen LogP contribution in [0.2, 0.25) is 5.02 Å². The number of para-hydroxylation sites is 1. The summed E-state index contributed by atoms with van der Waals surface area (Å²) in [6, 6.07) is 17.2. The largest absolute Gasteiger partial charge is 0.356 e. The Morgan fingerprint density at radius 3 is 2.62 bits per heavy atom. The first-order valence-corrected chi connectivity index (χ1v) is 9.12. The lowest BCUT2D eigenvalue weighted by atomic mass is 10.1. The van der Waals surface area contributed by atoms with E-state index in [1.165, 1.54) is 5.56 Å². The molecule has 0 atom stereocenters. The number of fused-ring (bicyclic) bond motifs is 1. The van der Waals surface area contributed by atoms with Crippen molar-refractivity contribution in [1.29, 1.82) is 0 Å². The van der Waals surface area contributed by atoms with Crippen molar-refractivity contribution in [2.45, 2.75) is 25.7 Å². The quantitative estimate of drug-likeness (QED) is 0.665. The summed E-state index contributed by atoms with van der Waals surface area (Å²) in [6.45, 7) is 0.460. The molecule has 5 heteroatoms. The van der Waals surface area contributed by atoms with Crippen LogP contribution >= 0.6 is 11.6 Å². The molecule has 0 fully saturated rings. The minimum Gasteiger partial charge on any atom is -0.356 e. The number of benzene rings is 2. The number of aromatic amines is 1. The summed E-state index contributed by atoms with van der Waals surface area (Å²) in [4.78, 5) is 26.9. The number of pyridine rings is 1. The number of hydrogen-bond donors (Lipinski definition) is 2. The fourth-order valence-corrected chi connectivity index (χ4v) is 3.03. The maximum atomic E-state index is 12.1. The predicted octanol–water partition coefficient (Wildman–Crippen LogP) is 3.86. The lowest BCUT2D eigenvalue weighted by Crippen LogP contribution is -2.27. The van der Waals surface area contributed by atoms with Crippen LogP contribution in [-0.2, 0) is 17.6 Å². The standard InChI is InChI=1S/C21H21ClN2O2/c22-18-10-8-15(9-11-18)4-3-7-20(25)23-13-12-17-14-16-5-1-2-6-19(16)24-21(17)26/h1-2,5-6,8-11,14H,3-4,7,12-13H2,(H,23,25)(H,24,26). The summed E-state index contributed by atoms with van der Waals surface area (Å²) in [5.41, 5.74) is 2.59. The summed E-state index contributed by atoms with van der Waals surface area (Å²) < 4.78 is 0. The van der Waals surface area contributed by atoms with E-state index in [0.717, 1.165) is 28.8 Å². The Hall–Kier alpha value is -2.59. The minimum absolute atomic E-state index is 0.0104. The van der Waals surface area contributed by atoms with Crippen LogP contribution in [0.15, 0.2) is 59.4 Å². The van der Waals surface area contributed by atoms with Gasteiger partial charge < -0.3 is 10.3 Å². The van der Waals surface area contributed by atoms with Crippen LogP contribution in [0.4, 0.5) is 0 Å². The summed E-state index contributed by atoms with van der Waals surface area (Å²) in [6.07, 6.45) is 2.61. The van der Waals surface area contributed by atoms with Crippen molar-refractivity contribution in [3.05, 3.63) is 81.1 Å². The topological polar surface area (TPSA) is 62.0 Å². The van der Waals surface area contributed by atoms with Crippen LogP contribution in [-0.4, -0.2) is 17.4 Å². The van der Waals surface area contributed by atoms with E-state index >= 15 is 0 Å². The van der Waals surface area contributed by atoms with Gasteiger partial charge in [0.25, 0.3) is 5.56 Å². The number of nitrogens with one attached hydrogen (secondary N) is 2. The average Bonchev–Trinajstić information content (AvgIpc) is 2.64. The second kappa shape index (κ2) is 8.68. The number of hydrogen-bond acceptors (Lipinski definition) is 2. The molecule has 0 bridgehead atoms. The normalized spacial score (nSPS) is 10.8. The minimum atomic E-state index is -0.0966.